The highest BCUT2D eigenvalue weighted by Gasteiger charge is 2.48. The average Bonchev–Trinajstić information content (AvgIpc) is 1.45. The molecule has 13 unspecified atom stereocenters. The summed E-state index contributed by atoms with van der Waals surface area (Å²) in [5, 5.41) is 29.5. The van der Waals surface area contributed by atoms with Crippen molar-refractivity contribution in [1.82, 2.24) is 0 Å². The SMILES string of the molecule is COC(=O)C(c1ccccc1)C1CCCC(=O)C1.COC(=O)C(c1ccccc1)C1CCCC2(C1)OCCO2.O=C1CC2CCC1C(O)C2c1ccccc1.O=CC(c1ccccc1)C1CCCC(=O)C1.OCC(c1ccccc1)C1CCCC(O)C1. The van der Waals surface area contributed by atoms with Crippen LogP contribution in [-0.2, 0) is 47.7 Å². The van der Waals surface area contributed by atoms with E-state index in [1.54, 1.807) is 0 Å². The first-order valence-corrected chi connectivity index (χ1v) is 32.0. The maximum absolute atomic E-state index is 12.3. The second-order valence-corrected chi connectivity index (χ2v) is 25.0. The topological polar surface area (TPSA) is 200 Å². The van der Waals surface area contributed by atoms with Gasteiger partial charge in [0.2, 0.25) is 0 Å². The van der Waals surface area contributed by atoms with E-state index >= 15 is 0 Å². The van der Waals surface area contributed by atoms with Gasteiger partial charge in [0.05, 0.1) is 58.1 Å². The van der Waals surface area contributed by atoms with Crippen LogP contribution in [0.3, 0.4) is 0 Å². The van der Waals surface area contributed by atoms with Gasteiger partial charge in [-0.2, -0.15) is 0 Å². The summed E-state index contributed by atoms with van der Waals surface area (Å²) in [6.07, 6.45) is 16.8. The zero-order valence-electron chi connectivity index (χ0n) is 51.0. The van der Waals surface area contributed by atoms with Crippen molar-refractivity contribution in [3.63, 3.8) is 0 Å². The first kappa shape index (κ1) is 66.5. The smallest absolute Gasteiger partial charge is 0.313 e. The number of carbonyl (C=O) groups excluding carboxylic acids is 6. The van der Waals surface area contributed by atoms with Gasteiger partial charge >= 0.3 is 11.9 Å². The molecular weight excluding hydrogens is 1100 g/mol. The standard InChI is InChI=1S/C17H22O4.C15H18O3.C14H16O2.C14H20O2.C14H16O2/c1-19-16(18)15(13-6-3-2-4-7-13)14-8-5-9-17(12-14)20-10-11-21-17;1-18-15(17)14(11-6-3-2-4-7-11)12-8-5-9-13(16)10-12;15-12-8-10-6-7-11(12)14(16)13(10)9-4-2-1-3-5-9;2*15-10-14(11-5-2-1-3-6-11)12-7-4-8-13(16)9-12/h2-4,6-7,14-15H,5,8-12H2,1H3;2-4,6-7,12,14H,5,8-10H2,1H3;1-5,10-11,13-14,16H,6-8H2;1-3,5-6,12-16H,4,7-10H2;1-3,5-6,10,12,14H,4,7-9H2. The molecule has 13 heteroatoms. The maximum Gasteiger partial charge on any atom is 0.313 e. The lowest BCUT2D eigenvalue weighted by molar-refractivity contribution is -0.190. The van der Waals surface area contributed by atoms with Crippen LogP contribution in [-0.4, -0.2) is 103 Å². The molecule has 13 nitrogen and oxygen atoms in total. The largest absolute Gasteiger partial charge is 0.469 e. The van der Waals surface area contributed by atoms with Crippen molar-refractivity contribution in [2.24, 2.45) is 35.5 Å². The van der Waals surface area contributed by atoms with Crippen molar-refractivity contribution in [3.05, 3.63) is 179 Å². The number of carbonyl (C=O) groups is 6. The van der Waals surface area contributed by atoms with Gasteiger partial charge in [-0.15, -0.1) is 0 Å². The number of ketones is 3. The minimum absolute atomic E-state index is 0.0844. The Kier molecular flexibility index (Phi) is 25.8. The number of benzene rings is 5. The predicted molar refractivity (Wildman–Crippen MR) is 333 cm³/mol. The Hall–Kier alpha value is -6.48. The summed E-state index contributed by atoms with van der Waals surface area (Å²) in [5.74, 6) is 0.869. The molecule has 8 aliphatic rings. The van der Waals surface area contributed by atoms with E-state index in [4.69, 9.17) is 18.9 Å². The fourth-order valence-corrected chi connectivity index (χ4v) is 15.1. The molecule has 7 aliphatic carbocycles. The van der Waals surface area contributed by atoms with Crippen LogP contribution < -0.4 is 0 Å². The highest BCUT2D eigenvalue weighted by Crippen LogP contribution is 2.49. The van der Waals surface area contributed by atoms with Crippen molar-refractivity contribution in [1.29, 1.82) is 0 Å². The molecule has 1 aliphatic heterocycles. The molecule has 466 valence electrons. The summed E-state index contributed by atoms with van der Waals surface area (Å²) in [6.45, 7) is 1.49. The molecule has 13 atom stereocenters. The third-order valence-corrected chi connectivity index (χ3v) is 19.4. The number of aldehydes is 1. The van der Waals surface area contributed by atoms with Gasteiger partial charge in [-0.3, -0.25) is 24.0 Å². The van der Waals surface area contributed by atoms with E-state index < -0.39 is 11.9 Å². The Balaban J connectivity index is 0.000000142. The molecule has 87 heavy (non-hydrogen) atoms. The fraction of sp³-hybridized carbons (Fsp3) is 0.514. The number of Topliss-reactive ketones (excluding diaryl/α,β-unsaturated/α-hetero) is 3. The van der Waals surface area contributed by atoms with Crippen LogP contribution in [0.4, 0.5) is 0 Å². The number of hydrogen-bond donors (Lipinski definition) is 3. The number of rotatable bonds is 13. The van der Waals surface area contributed by atoms with Gasteiger partial charge in [0.1, 0.15) is 23.6 Å². The molecule has 0 amide bonds. The van der Waals surface area contributed by atoms with E-state index in [0.717, 1.165) is 113 Å². The number of esters is 2. The Bertz CT molecular complexity index is 2890. The van der Waals surface area contributed by atoms with Crippen molar-refractivity contribution in [2.75, 3.05) is 34.0 Å². The highest BCUT2D eigenvalue weighted by atomic mass is 16.7. The molecule has 13 rings (SSSR count). The lowest BCUT2D eigenvalue weighted by atomic mass is 9.60. The summed E-state index contributed by atoms with van der Waals surface area (Å²) >= 11 is 0. The van der Waals surface area contributed by atoms with Crippen molar-refractivity contribution in [2.45, 2.75) is 170 Å². The number of hydrogen-bond acceptors (Lipinski definition) is 13. The Morgan fingerprint density at radius 1 is 0.563 bits per heavy atom. The van der Waals surface area contributed by atoms with Crippen LogP contribution >= 0.6 is 0 Å². The molecule has 0 aromatic heterocycles. The number of aliphatic hydroxyl groups excluding tert-OH is 3. The quantitative estimate of drug-likeness (QED) is 0.0743. The van der Waals surface area contributed by atoms with Crippen LogP contribution in [0.25, 0.3) is 0 Å². The lowest BCUT2D eigenvalue weighted by Gasteiger charge is -2.45. The third kappa shape index (κ3) is 18.3. The first-order chi connectivity index (χ1) is 42.3. The van der Waals surface area contributed by atoms with Gasteiger partial charge in [-0.05, 0) is 128 Å². The van der Waals surface area contributed by atoms with Gasteiger partial charge in [0.15, 0.2) is 5.79 Å². The van der Waals surface area contributed by atoms with E-state index in [0.29, 0.717) is 62.9 Å². The first-order valence-electron chi connectivity index (χ1n) is 32.0. The van der Waals surface area contributed by atoms with E-state index in [1.165, 1.54) is 25.3 Å². The monoisotopic (exact) mass is 1190 g/mol. The number of ether oxygens (including phenoxy) is 4. The van der Waals surface area contributed by atoms with Crippen molar-refractivity contribution in [3.8, 4) is 0 Å². The Labute approximate surface area is 515 Å². The summed E-state index contributed by atoms with van der Waals surface area (Å²) < 4.78 is 21.6. The van der Waals surface area contributed by atoms with Gasteiger partial charge < -0.3 is 39.1 Å². The second kappa shape index (κ2) is 33.8. The molecule has 0 radical (unpaired) electrons. The Morgan fingerprint density at radius 2 is 1.05 bits per heavy atom. The highest BCUT2D eigenvalue weighted by molar-refractivity contribution is 5.84. The van der Waals surface area contributed by atoms with Crippen LogP contribution in [0.1, 0.15) is 179 Å². The fourth-order valence-electron chi connectivity index (χ4n) is 15.1. The predicted octanol–water partition coefficient (Wildman–Crippen LogP) is 12.8. The van der Waals surface area contributed by atoms with E-state index in [-0.39, 0.29) is 89.5 Å². The number of methoxy groups -OCH3 is 2. The summed E-state index contributed by atoms with van der Waals surface area (Å²) in [5.41, 5.74) is 5.40. The third-order valence-electron chi connectivity index (χ3n) is 19.4. The van der Waals surface area contributed by atoms with Crippen LogP contribution in [0.2, 0.25) is 0 Å². The molecule has 1 spiro atoms. The van der Waals surface area contributed by atoms with Gasteiger partial charge in [0.25, 0.3) is 0 Å². The average molecular weight is 1190 g/mol. The zero-order chi connectivity index (χ0) is 61.5. The second-order valence-electron chi connectivity index (χ2n) is 25.0. The molecule has 1 saturated heterocycles. The van der Waals surface area contributed by atoms with Gasteiger partial charge in [0, 0.05) is 68.6 Å². The molecule has 2 bridgehead atoms. The maximum atomic E-state index is 12.3. The molecular formula is C74H92O13. The number of aliphatic hydroxyl groups is 3. The van der Waals surface area contributed by atoms with Crippen LogP contribution in [0.15, 0.2) is 152 Å². The Morgan fingerprint density at radius 3 is 1.54 bits per heavy atom. The molecule has 8 fully saturated rings. The molecule has 7 saturated carbocycles. The summed E-state index contributed by atoms with van der Waals surface area (Å²) in [7, 11) is 2.86. The number of fused-ring (bicyclic) bond motifs is 3. The normalized spacial score (nSPS) is 26.8. The van der Waals surface area contributed by atoms with Gasteiger partial charge in [-0.25, -0.2) is 0 Å². The minimum Gasteiger partial charge on any atom is -0.469 e. The zero-order valence-corrected chi connectivity index (χ0v) is 51.0. The summed E-state index contributed by atoms with van der Waals surface area (Å²) in [4.78, 5) is 70.2. The molecule has 5 aromatic carbocycles. The van der Waals surface area contributed by atoms with Crippen molar-refractivity contribution >= 4 is 35.6 Å². The van der Waals surface area contributed by atoms with Gasteiger partial charge in [-0.1, -0.05) is 158 Å². The van der Waals surface area contributed by atoms with Crippen LogP contribution in [0.5, 0.6) is 0 Å². The minimum atomic E-state index is -0.468. The lowest BCUT2D eigenvalue weighted by Crippen LogP contribution is -2.47. The summed E-state index contributed by atoms with van der Waals surface area (Å²) in [6, 6.07) is 49.6. The van der Waals surface area contributed by atoms with E-state index in [2.05, 4.69) is 24.3 Å². The molecule has 5 aromatic rings. The van der Waals surface area contributed by atoms with E-state index in [9.17, 15) is 44.1 Å². The van der Waals surface area contributed by atoms with E-state index in [1.807, 2.05) is 127 Å². The molecule has 3 N–H and O–H groups in total. The molecule has 1 heterocycles. The van der Waals surface area contributed by atoms with Crippen LogP contribution in [0, 0.1) is 35.5 Å². The van der Waals surface area contributed by atoms with Crippen molar-refractivity contribution < 1.29 is 63.0 Å².